The predicted molar refractivity (Wildman–Crippen MR) is 227 cm³/mol. The molecule has 7 heteroatoms. The molecule has 6 rings (SSSR count). The van der Waals surface area contributed by atoms with Gasteiger partial charge >= 0.3 is 0 Å². The van der Waals surface area contributed by atoms with E-state index in [1.807, 2.05) is 14.2 Å². The molecule has 0 aromatic heterocycles. The number of benzene rings is 3. The molecular weight excluding hydrogens is 686 g/mol. The molecule has 0 aliphatic carbocycles. The van der Waals surface area contributed by atoms with Gasteiger partial charge in [0, 0.05) is 25.2 Å². The fourth-order valence-corrected chi connectivity index (χ4v) is 24.5. The van der Waals surface area contributed by atoms with Gasteiger partial charge in [-0.3, -0.25) is 4.44 Å². The number of aryl methyl sites for hydroxylation is 1. The average molecular weight is 750 g/mol. The SMILES string of the molecule is CC[C@@H]1CC[C@@H](CC)P1N(CCCc1ccc(P2[C@@H](C)CC[C@@H]2C)c(P2[C@@H](C)CC[C@@H]2C)c1)P(c1ccccc1OC)c1ccccc1OC. The highest BCUT2D eigenvalue weighted by molar-refractivity contribution is 7.80. The first-order valence-electron chi connectivity index (χ1n) is 19.6. The van der Waals surface area contributed by atoms with E-state index in [2.05, 4.69) is 113 Å². The molecule has 3 nitrogen and oxygen atoms in total. The molecule has 3 saturated heterocycles. The number of hydrogen-bond donors (Lipinski definition) is 0. The minimum atomic E-state index is -0.853. The van der Waals surface area contributed by atoms with Crippen LogP contribution in [-0.2, 0) is 6.42 Å². The normalized spacial score (nSPS) is 26.4. The average Bonchev–Trinajstić information content (AvgIpc) is 3.82. The van der Waals surface area contributed by atoms with Crippen molar-refractivity contribution in [1.29, 1.82) is 0 Å². The van der Waals surface area contributed by atoms with Crippen molar-refractivity contribution in [3.8, 4) is 11.5 Å². The molecule has 3 aliphatic heterocycles. The summed E-state index contributed by atoms with van der Waals surface area (Å²) < 4.78 is 15.3. The van der Waals surface area contributed by atoms with Gasteiger partial charge in [0.2, 0.25) is 0 Å². The molecule has 3 heterocycles. The quantitative estimate of drug-likeness (QED) is 0.153. The lowest BCUT2D eigenvalue weighted by molar-refractivity contribution is 0.417. The molecule has 3 fully saturated rings. The summed E-state index contributed by atoms with van der Waals surface area (Å²) in [5.74, 6) is 2.01. The van der Waals surface area contributed by atoms with Crippen molar-refractivity contribution in [3.05, 3.63) is 72.3 Å². The van der Waals surface area contributed by atoms with Crippen LogP contribution in [0.5, 0.6) is 11.5 Å². The van der Waals surface area contributed by atoms with E-state index < -0.39 is 8.07 Å². The van der Waals surface area contributed by atoms with Gasteiger partial charge in [0.25, 0.3) is 0 Å². The Balaban J connectivity index is 1.38. The highest BCUT2D eigenvalue weighted by atomic mass is 31.2. The Hall–Kier alpha value is -1.06. The van der Waals surface area contributed by atoms with Crippen LogP contribution < -0.4 is 30.7 Å². The molecule has 0 bridgehead atoms. The molecule has 0 radical (unpaired) electrons. The van der Waals surface area contributed by atoms with Gasteiger partial charge in [0.1, 0.15) is 11.5 Å². The number of para-hydroxylation sites is 2. The highest BCUT2D eigenvalue weighted by Gasteiger charge is 2.43. The molecule has 50 heavy (non-hydrogen) atoms. The topological polar surface area (TPSA) is 21.7 Å². The predicted octanol–water partition coefficient (Wildman–Crippen LogP) is 11.1. The lowest BCUT2D eigenvalue weighted by atomic mass is 10.1. The van der Waals surface area contributed by atoms with Crippen molar-refractivity contribution in [2.75, 3.05) is 20.8 Å². The fraction of sp³-hybridized carbons (Fsp3) is 0.581. The van der Waals surface area contributed by atoms with Crippen LogP contribution in [0, 0.1) is 0 Å². The van der Waals surface area contributed by atoms with E-state index in [4.69, 9.17) is 9.47 Å². The Morgan fingerprint density at radius 3 is 1.60 bits per heavy atom. The van der Waals surface area contributed by atoms with Gasteiger partial charge in [-0.25, -0.2) is 0 Å². The second-order valence-electron chi connectivity index (χ2n) is 15.1. The molecule has 272 valence electrons. The molecule has 0 spiro atoms. The van der Waals surface area contributed by atoms with E-state index in [0.717, 1.165) is 58.4 Å². The Kier molecular flexibility index (Phi) is 13.8. The Morgan fingerprint density at radius 1 is 0.640 bits per heavy atom. The smallest absolute Gasteiger partial charge is 0.128 e. The van der Waals surface area contributed by atoms with Gasteiger partial charge in [0.15, 0.2) is 0 Å². The van der Waals surface area contributed by atoms with Crippen LogP contribution in [0.15, 0.2) is 66.7 Å². The molecular formula is C43H63NO2P4. The van der Waals surface area contributed by atoms with Crippen molar-refractivity contribution < 1.29 is 9.47 Å². The minimum Gasteiger partial charge on any atom is -0.496 e. The molecule has 3 aromatic carbocycles. The molecule has 0 amide bonds. The van der Waals surface area contributed by atoms with Crippen LogP contribution >= 0.6 is 32.0 Å². The minimum absolute atomic E-state index is 0.0742. The Labute approximate surface area is 310 Å². The summed E-state index contributed by atoms with van der Waals surface area (Å²) in [6.45, 7) is 16.2. The van der Waals surface area contributed by atoms with E-state index >= 15 is 0 Å². The second kappa shape index (κ2) is 17.8. The van der Waals surface area contributed by atoms with Crippen molar-refractivity contribution >= 4 is 53.2 Å². The standard InChI is InChI=1S/C43H63NO2P4/c1-9-36-26-27-37(10-2)49(36)44(50(40-19-13-11-17-38(40)45-7)41-20-14-12-18-39(41)46-8)29-15-16-35-25-28-42(47-31(3)21-22-32(47)4)43(30-35)48-33(5)23-24-34(48)6/h11-14,17-20,25,28,30-34,36-37H,9-10,15-16,21-24,26-27,29H2,1-8H3/t31-,32-,33-,34-,36+,37+/m0/s1. The summed E-state index contributed by atoms with van der Waals surface area (Å²) >= 11 is 0. The second-order valence-corrected chi connectivity index (χ2v) is 26.3. The molecule has 0 saturated carbocycles. The van der Waals surface area contributed by atoms with Crippen LogP contribution in [0.4, 0.5) is 0 Å². The third kappa shape index (κ3) is 8.05. The summed E-state index contributed by atoms with van der Waals surface area (Å²) in [5, 5.41) is 6.25. The van der Waals surface area contributed by atoms with Crippen LogP contribution in [0.2, 0.25) is 0 Å². The maximum absolute atomic E-state index is 6.12. The first-order valence-corrected chi connectivity index (χ1v) is 25.3. The van der Waals surface area contributed by atoms with Crippen LogP contribution in [0.3, 0.4) is 0 Å². The molecule has 6 atom stereocenters. The Morgan fingerprint density at radius 2 is 1.12 bits per heavy atom. The van der Waals surface area contributed by atoms with Gasteiger partial charge in [-0.05, 0) is 147 Å². The lowest BCUT2D eigenvalue weighted by Gasteiger charge is -2.42. The number of ether oxygens (including phenoxy) is 2. The highest BCUT2D eigenvalue weighted by Crippen LogP contribution is 2.68. The zero-order valence-electron chi connectivity index (χ0n) is 32.1. The zero-order valence-corrected chi connectivity index (χ0v) is 35.7. The summed E-state index contributed by atoms with van der Waals surface area (Å²) in [4.78, 5) is 0. The van der Waals surface area contributed by atoms with Crippen molar-refractivity contribution in [2.24, 2.45) is 0 Å². The third-order valence-corrected chi connectivity index (χ3v) is 25.8. The van der Waals surface area contributed by atoms with Gasteiger partial charge in [-0.15, -0.1) is 0 Å². The van der Waals surface area contributed by atoms with Crippen LogP contribution in [0.25, 0.3) is 0 Å². The first kappa shape index (κ1) is 38.7. The summed E-state index contributed by atoms with van der Waals surface area (Å²) in [7, 11) is 2.32. The van der Waals surface area contributed by atoms with Gasteiger partial charge in [-0.1, -0.05) is 99.9 Å². The van der Waals surface area contributed by atoms with E-state index in [1.165, 1.54) is 68.4 Å². The number of nitrogens with zero attached hydrogens (tertiary/aromatic N) is 1. The number of rotatable bonds is 14. The zero-order chi connectivity index (χ0) is 35.4. The maximum atomic E-state index is 6.12. The molecule has 0 unspecified atom stereocenters. The van der Waals surface area contributed by atoms with Gasteiger partial charge < -0.3 is 9.47 Å². The lowest BCUT2D eigenvalue weighted by Crippen LogP contribution is -2.31. The van der Waals surface area contributed by atoms with E-state index in [-0.39, 0.29) is 23.9 Å². The monoisotopic (exact) mass is 749 g/mol. The fourth-order valence-electron chi connectivity index (χ4n) is 9.33. The van der Waals surface area contributed by atoms with E-state index in [1.54, 1.807) is 16.2 Å². The van der Waals surface area contributed by atoms with E-state index in [9.17, 15) is 0 Å². The maximum Gasteiger partial charge on any atom is 0.128 e. The molecule has 3 aliphatic rings. The number of hydrogen-bond acceptors (Lipinski definition) is 3. The van der Waals surface area contributed by atoms with Crippen molar-refractivity contribution in [3.63, 3.8) is 0 Å². The van der Waals surface area contributed by atoms with Gasteiger partial charge in [-0.2, -0.15) is 0 Å². The summed E-state index contributed by atoms with van der Waals surface area (Å²) in [6, 6.07) is 25.6. The summed E-state index contributed by atoms with van der Waals surface area (Å²) in [6.07, 6.45) is 13.2. The van der Waals surface area contributed by atoms with Gasteiger partial charge in [0.05, 0.1) is 14.2 Å². The van der Waals surface area contributed by atoms with Crippen molar-refractivity contribution in [2.45, 2.75) is 140 Å². The first-order chi connectivity index (χ1) is 24.3. The van der Waals surface area contributed by atoms with Crippen LogP contribution in [0.1, 0.15) is 105 Å². The van der Waals surface area contributed by atoms with Crippen molar-refractivity contribution in [1.82, 2.24) is 4.44 Å². The molecule has 3 aromatic rings. The molecule has 0 N–H and O–H groups in total. The Bertz CT molecular complexity index is 1470. The van der Waals surface area contributed by atoms with E-state index in [0.29, 0.717) is 0 Å². The largest absolute Gasteiger partial charge is 0.496 e. The van der Waals surface area contributed by atoms with Crippen LogP contribution in [-0.4, -0.2) is 59.2 Å². The number of methoxy groups -OCH3 is 2. The third-order valence-electron chi connectivity index (χ3n) is 12.0. The summed E-state index contributed by atoms with van der Waals surface area (Å²) in [5.41, 5.74) is 6.54.